The molecule has 0 aliphatic rings. The lowest BCUT2D eigenvalue weighted by atomic mass is 10.1. The number of hydrogen-bond acceptors (Lipinski definition) is 4. The van der Waals surface area contributed by atoms with Crippen LogP contribution >= 0.6 is 0 Å². The molecule has 0 saturated carbocycles. The topological polar surface area (TPSA) is 55.8 Å². The number of aromatic hydroxyl groups is 1. The van der Waals surface area contributed by atoms with Crippen LogP contribution in [0.3, 0.4) is 0 Å². The SMILES string of the molecule is COC(=O)CCCCCCCCCOc1ccc(-c2ccc(O)cc2)cc1. The van der Waals surface area contributed by atoms with Crippen LogP contribution in [0.15, 0.2) is 48.5 Å². The summed E-state index contributed by atoms with van der Waals surface area (Å²) in [6.45, 7) is 0.737. The Kier molecular flexibility index (Phi) is 9.25. The van der Waals surface area contributed by atoms with Gasteiger partial charge >= 0.3 is 5.97 Å². The molecular formula is C23H30O4. The van der Waals surface area contributed by atoms with E-state index >= 15 is 0 Å². The van der Waals surface area contributed by atoms with Gasteiger partial charge in [-0.3, -0.25) is 4.79 Å². The van der Waals surface area contributed by atoms with Crippen LogP contribution in [0.2, 0.25) is 0 Å². The summed E-state index contributed by atoms with van der Waals surface area (Å²) >= 11 is 0. The third-order valence-electron chi connectivity index (χ3n) is 4.58. The molecule has 0 fully saturated rings. The maximum atomic E-state index is 11.0. The first-order valence-electron chi connectivity index (χ1n) is 9.78. The first kappa shape index (κ1) is 20.8. The number of hydrogen-bond donors (Lipinski definition) is 1. The first-order valence-corrected chi connectivity index (χ1v) is 9.78. The van der Waals surface area contributed by atoms with Crippen LogP contribution in [0, 0.1) is 0 Å². The molecule has 0 amide bonds. The summed E-state index contributed by atoms with van der Waals surface area (Å²) in [6.07, 6.45) is 8.38. The monoisotopic (exact) mass is 370 g/mol. The largest absolute Gasteiger partial charge is 0.508 e. The van der Waals surface area contributed by atoms with Gasteiger partial charge in [-0.2, -0.15) is 0 Å². The zero-order valence-electron chi connectivity index (χ0n) is 16.2. The lowest BCUT2D eigenvalue weighted by Crippen LogP contribution is -1.99. The molecule has 0 aromatic heterocycles. The van der Waals surface area contributed by atoms with Gasteiger partial charge in [-0.15, -0.1) is 0 Å². The van der Waals surface area contributed by atoms with Gasteiger partial charge < -0.3 is 14.6 Å². The van der Waals surface area contributed by atoms with Crippen LogP contribution in [0.5, 0.6) is 11.5 Å². The van der Waals surface area contributed by atoms with Crippen molar-refractivity contribution in [2.75, 3.05) is 13.7 Å². The van der Waals surface area contributed by atoms with Crippen LogP contribution in [0.1, 0.15) is 51.4 Å². The van der Waals surface area contributed by atoms with Gasteiger partial charge in [0.05, 0.1) is 13.7 Å². The molecule has 4 nitrogen and oxygen atoms in total. The van der Waals surface area contributed by atoms with E-state index < -0.39 is 0 Å². The Bertz CT molecular complexity index is 662. The fraction of sp³-hybridized carbons (Fsp3) is 0.435. The number of rotatable bonds is 12. The fourth-order valence-corrected chi connectivity index (χ4v) is 2.94. The second-order valence-corrected chi connectivity index (χ2v) is 6.72. The van der Waals surface area contributed by atoms with Crippen LogP contribution in [0.4, 0.5) is 0 Å². The zero-order valence-corrected chi connectivity index (χ0v) is 16.2. The standard InChI is InChI=1S/C23H30O4/c1-26-23(25)9-7-5-3-2-4-6-8-18-27-22-16-12-20(13-17-22)19-10-14-21(24)15-11-19/h10-17,24H,2-9,18H2,1H3. The molecule has 0 aliphatic heterocycles. The molecule has 0 unspecified atom stereocenters. The van der Waals surface area contributed by atoms with Crippen LogP contribution in [-0.4, -0.2) is 24.8 Å². The van der Waals surface area contributed by atoms with E-state index in [-0.39, 0.29) is 11.7 Å². The summed E-state index contributed by atoms with van der Waals surface area (Å²) in [7, 11) is 1.44. The van der Waals surface area contributed by atoms with E-state index in [0.29, 0.717) is 6.42 Å². The van der Waals surface area contributed by atoms with Gasteiger partial charge in [-0.1, -0.05) is 56.4 Å². The number of esters is 1. The Hall–Kier alpha value is -2.49. The number of carbonyl (C=O) groups is 1. The fourth-order valence-electron chi connectivity index (χ4n) is 2.94. The van der Waals surface area contributed by atoms with E-state index in [9.17, 15) is 9.90 Å². The van der Waals surface area contributed by atoms with Crippen molar-refractivity contribution in [3.05, 3.63) is 48.5 Å². The van der Waals surface area contributed by atoms with Crippen molar-refractivity contribution in [3.63, 3.8) is 0 Å². The predicted molar refractivity (Wildman–Crippen MR) is 108 cm³/mol. The maximum absolute atomic E-state index is 11.0. The van der Waals surface area contributed by atoms with Gasteiger partial charge in [-0.05, 0) is 48.2 Å². The minimum absolute atomic E-state index is 0.108. The van der Waals surface area contributed by atoms with Crippen molar-refractivity contribution in [3.8, 4) is 22.6 Å². The van der Waals surface area contributed by atoms with Crippen molar-refractivity contribution in [1.29, 1.82) is 0 Å². The second kappa shape index (κ2) is 12.0. The van der Waals surface area contributed by atoms with Crippen molar-refractivity contribution in [2.45, 2.75) is 51.4 Å². The average molecular weight is 370 g/mol. The van der Waals surface area contributed by atoms with E-state index in [2.05, 4.69) is 4.74 Å². The number of benzene rings is 2. The van der Waals surface area contributed by atoms with Gasteiger partial charge in [-0.25, -0.2) is 0 Å². The maximum Gasteiger partial charge on any atom is 0.305 e. The Morgan fingerprint density at radius 1 is 0.778 bits per heavy atom. The molecule has 0 heterocycles. The van der Waals surface area contributed by atoms with Gasteiger partial charge in [0, 0.05) is 6.42 Å². The van der Waals surface area contributed by atoms with Crippen molar-refractivity contribution in [1.82, 2.24) is 0 Å². The highest BCUT2D eigenvalue weighted by Gasteiger charge is 2.01. The van der Waals surface area contributed by atoms with Crippen LogP contribution in [-0.2, 0) is 9.53 Å². The smallest absolute Gasteiger partial charge is 0.305 e. The second-order valence-electron chi connectivity index (χ2n) is 6.72. The Balaban J connectivity index is 1.53. The predicted octanol–water partition coefficient (Wildman–Crippen LogP) is 5.73. The minimum Gasteiger partial charge on any atom is -0.508 e. The molecule has 1 N–H and O–H groups in total. The Morgan fingerprint density at radius 2 is 1.30 bits per heavy atom. The van der Waals surface area contributed by atoms with E-state index in [1.165, 1.54) is 32.8 Å². The summed E-state index contributed by atoms with van der Waals surface area (Å²) in [6, 6.07) is 15.2. The summed E-state index contributed by atoms with van der Waals surface area (Å²) in [4.78, 5) is 11.0. The molecule has 0 aliphatic carbocycles. The van der Waals surface area contributed by atoms with Crippen molar-refractivity contribution < 1.29 is 19.4 Å². The normalized spacial score (nSPS) is 10.6. The highest BCUT2D eigenvalue weighted by Crippen LogP contribution is 2.24. The lowest BCUT2D eigenvalue weighted by Gasteiger charge is -2.08. The number of phenolic OH excluding ortho intramolecular Hbond substituents is 1. The number of carbonyl (C=O) groups excluding carboxylic acids is 1. The molecule has 0 spiro atoms. The van der Waals surface area contributed by atoms with Gasteiger partial charge in [0.2, 0.25) is 0 Å². The van der Waals surface area contributed by atoms with Gasteiger partial charge in [0.1, 0.15) is 11.5 Å². The number of unbranched alkanes of at least 4 members (excludes halogenated alkanes) is 6. The van der Waals surface area contributed by atoms with E-state index in [1.807, 2.05) is 36.4 Å². The van der Waals surface area contributed by atoms with Crippen LogP contribution < -0.4 is 4.74 Å². The van der Waals surface area contributed by atoms with E-state index in [1.54, 1.807) is 12.1 Å². The third-order valence-corrected chi connectivity index (χ3v) is 4.58. The number of methoxy groups -OCH3 is 1. The summed E-state index contributed by atoms with van der Waals surface area (Å²) in [5.74, 6) is 1.06. The lowest BCUT2D eigenvalue weighted by molar-refractivity contribution is -0.140. The zero-order chi connectivity index (χ0) is 19.3. The molecule has 146 valence electrons. The van der Waals surface area contributed by atoms with Crippen LogP contribution in [0.25, 0.3) is 11.1 Å². The highest BCUT2D eigenvalue weighted by atomic mass is 16.5. The quantitative estimate of drug-likeness (QED) is 0.383. The Morgan fingerprint density at radius 3 is 1.89 bits per heavy atom. The summed E-state index contributed by atoms with van der Waals surface area (Å²) in [5.41, 5.74) is 2.18. The first-order chi connectivity index (χ1) is 13.2. The summed E-state index contributed by atoms with van der Waals surface area (Å²) in [5, 5.41) is 9.35. The third kappa shape index (κ3) is 8.16. The Labute approximate surface area is 162 Å². The molecule has 0 saturated heterocycles. The molecule has 2 rings (SSSR count). The van der Waals surface area contributed by atoms with Crippen molar-refractivity contribution in [2.24, 2.45) is 0 Å². The molecule has 2 aromatic carbocycles. The molecular weight excluding hydrogens is 340 g/mol. The molecule has 0 radical (unpaired) electrons. The van der Waals surface area contributed by atoms with E-state index in [4.69, 9.17) is 4.74 Å². The molecule has 2 aromatic rings. The highest BCUT2D eigenvalue weighted by molar-refractivity contribution is 5.69. The average Bonchev–Trinajstić information content (AvgIpc) is 2.70. The number of ether oxygens (including phenoxy) is 2. The van der Waals surface area contributed by atoms with E-state index in [0.717, 1.165) is 42.7 Å². The molecule has 4 heteroatoms. The minimum atomic E-state index is -0.108. The molecule has 0 atom stereocenters. The summed E-state index contributed by atoms with van der Waals surface area (Å²) < 4.78 is 10.4. The molecule has 27 heavy (non-hydrogen) atoms. The van der Waals surface area contributed by atoms with Gasteiger partial charge in [0.25, 0.3) is 0 Å². The number of phenols is 1. The van der Waals surface area contributed by atoms with Crippen molar-refractivity contribution >= 4 is 5.97 Å². The van der Waals surface area contributed by atoms with Gasteiger partial charge in [0.15, 0.2) is 0 Å². The molecule has 0 bridgehead atoms.